The van der Waals surface area contributed by atoms with Gasteiger partial charge in [-0.15, -0.1) is 0 Å². The second-order valence-electron chi connectivity index (χ2n) is 14.0. The highest BCUT2D eigenvalue weighted by atomic mass is 35.5. The van der Waals surface area contributed by atoms with E-state index in [9.17, 15) is 33.9 Å². The van der Waals surface area contributed by atoms with Crippen LogP contribution in [0.5, 0.6) is 11.5 Å². The van der Waals surface area contributed by atoms with Crippen molar-refractivity contribution in [2.24, 2.45) is 23.7 Å². The number of ether oxygens (including phenoxy) is 1. The van der Waals surface area contributed by atoms with Crippen LogP contribution >= 0.6 is 11.6 Å². The van der Waals surface area contributed by atoms with E-state index in [2.05, 4.69) is 5.43 Å². The van der Waals surface area contributed by atoms with Gasteiger partial charge >= 0.3 is 7.12 Å². The Morgan fingerprint density at radius 3 is 2.35 bits per heavy atom. The van der Waals surface area contributed by atoms with Crippen molar-refractivity contribution in [2.45, 2.75) is 31.1 Å². The number of anilines is 2. The van der Waals surface area contributed by atoms with Crippen molar-refractivity contribution in [2.75, 3.05) is 16.9 Å². The summed E-state index contributed by atoms with van der Waals surface area (Å²) in [5.41, 5.74) is 3.11. The van der Waals surface area contributed by atoms with E-state index >= 15 is 4.79 Å². The molecule has 2 saturated heterocycles. The Hall–Kier alpha value is -5.50. The van der Waals surface area contributed by atoms with Crippen LogP contribution in [0.2, 0.25) is 5.02 Å². The van der Waals surface area contributed by atoms with Crippen LogP contribution < -0.4 is 20.5 Å². The largest absolute Gasteiger partial charge is 0.504 e. The fraction of sp³-hybridized carbons (Fsp3) is 0.250. The summed E-state index contributed by atoms with van der Waals surface area (Å²) >= 11 is 6.36. The van der Waals surface area contributed by atoms with Gasteiger partial charge in [0.25, 0.3) is 11.8 Å². The number of hydrogen-bond acceptors (Lipinski definition) is 9. The maximum absolute atomic E-state index is 15.3. The number of imide groups is 2. The highest BCUT2D eigenvalue weighted by Gasteiger charge is 2.70. The fourth-order valence-corrected chi connectivity index (χ4v) is 9.25. The summed E-state index contributed by atoms with van der Waals surface area (Å²) in [5, 5.41) is 32.9. The second kappa shape index (κ2) is 13.4. The zero-order valence-electron chi connectivity index (χ0n) is 28.9. The van der Waals surface area contributed by atoms with E-state index in [0.717, 1.165) is 9.91 Å². The van der Waals surface area contributed by atoms with Crippen molar-refractivity contribution in [1.82, 2.24) is 5.01 Å². The first kappa shape index (κ1) is 35.5. The van der Waals surface area contributed by atoms with Gasteiger partial charge in [-0.1, -0.05) is 59.6 Å². The first-order valence-corrected chi connectivity index (χ1v) is 18.0. The number of rotatable bonds is 8. The number of phenols is 1. The lowest BCUT2D eigenvalue weighted by molar-refractivity contribution is -0.138. The van der Waals surface area contributed by atoms with Crippen LogP contribution in [0.3, 0.4) is 0 Å². The molecule has 6 atom stereocenters. The normalized spacial score (nSPS) is 25.9. The number of allylic oxidation sites excluding steroid dienone is 2. The Morgan fingerprint density at radius 1 is 0.926 bits per heavy atom. The van der Waals surface area contributed by atoms with Crippen molar-refractivity contribution >= 4 is 59.2 Å². The van der Waals surface area contributed by atoms with Gasteiger partial charge < -0.3 is 19.9 Å². The van der Waals surface area contributed by atoms with Gasteiger partial charge in [0.05, 0.1) is 41.2 Å². The van der Waals surface area contributed by atoms with E-state index < -0.39 is 71.6 Å². The minimum Gasteiger partial charge on any atom is -0.504 e. The van der Waals surface area contributed by atoms with Gasteiger partial charge in [0.1, 0.15) is 5.82 Å². The van der Waals surface area contributed by atoms with Gasteiger partial charge in [0.15, 0.2) is 11.5 Å². The standard InChI is InChI=1S/C40H34BClFN3O8/c1-2-54-32-8-4-7-29(35(32)47)34-27-17-18-28-33(38(50)45(36(28)48)26-6-3-5-22(19-26)41(52)53)30(27)20-31-37(49)46(44-25-15-13-24(43)14-16-25)39(51)40(31,34)21-9-11-23(42)12-10-21/h3-17,19,28,30-31,33-34,44,47,52-53H,2,18,20H2,1H3/t28-,30+,31-,33-,34+,40+/m0/s1. The summed E-state index contributed by atoms with van der Waals surface area (Å²) in [7, 11) is -1.83. The average molecular weight is 750 g/mol. The molecule has 11 nitrogen and oxygen atoms in total. The van der Waals surface area contributed by atoms with Crippen molar-refractivity contribution in [1.29, 1.82) is 0 Å². The average Bonchev–Trinajstić information content (AvgIpc) is 3.54. The zero-order valence-corrected chi connectivity index (χ0v) is 29.6. The Bertz CT molecular complexity index is 2230. The number of nitrogens with zero attached hydrogens (tertiary/aromatic N) is 2. The molecule has 2 aliphatic carbocycles. The van der Waals surface area contributed by atoms with Crippen LogP contribution in [0.4, 0.5) is 15.8 Å². The second-order valence-corrected chi connectivity index (χ2v) is 14.4. The molecular weight excluding hydrogens is 716 g/mol. The van der Waals surface area contributed by atoms with Crippen molar-refractivity contribution < 1.29 is 43.5 Å². The molecule has 14 heteroatoms. The Kier molecular flexibility index (Phi) is 8.83. The number of phenolic OH excluding ortho intramolecular Hbond substituents is 1. The number of nitrogens with one attached hydrogen (secondary N) is 1. The summed E-state index contributed by atoms with van der Waals surface area (Å²) < 4.78 is 19.7. The quantitative estimate of drug-likeness (QED) is 0.116. The number of para-hydroxylation sites is 1. The van der Waals surface area contributed by atoms with Crippen LogP contribution in [0.1, 0.15) is 36.8 Å². The van der Waals surface area contributed by atoms with Gasteiger partial charge in [-0.25, -0.2) is 4.39 Å². The number of carbonyl (C=O) groups is 4. The molecule has 0 radical (unpaired) electrons. The van der Waals surface area contributed by atoms with Crippen molar-refractivity contribution in [3.8, 4) is 11.5 Å². The number of halogens is 2. The van der Waals surface area contributed by atoms with E-state index in [1.165, 1.54) is 48.5 Å². The summed E-state index contributed by atoms with van der Waals surface area (Å²) in [6.07, 6.45) is 1.98. The summed E-state index contributed by atoms with van der Waals surface area (Å²) in [4.78, 5) is 59.8. The van der Waals surface area contributed by atoms with Gasteiger partial charge in [-0.3, -0.25) is 29.5 Å². The molecule has 0 unspecified atom stereocenters. The Labute approximate surface area is 314 Å². The number of fused-ring (bicyclic) bond motifs is 4. The minimum absolute atomic E-state index is 0.00748. The molecule has 4 aromatic rings. The number of amides is 4. The van der Waals surface area contributed by atoms with Crippen LogP contribution in [0.15, 0.2) is 103 Å². The molecule has 4 aliphatic rings. The number of carbonyl (C=O) groups excluding carboxylic acids is 4. The topological polar surface area (TPSA) is 157 Å². The van der Waals surface area contributed by atoms with Crippen LogP contribution in [0, 0.1) is 29.5 Å². The third-order valence-corrected chi connectivity index (χ3v) is 11.6. The number of hydrazine groups is 1. The molecule has 54 heavy (non-hydrogen) atoms. The van der Waals surface area contributed by atoms with Crippen LogP contribution in [-0.4, -0.2) is 57.5 Å². The molecule has 8 rings (SSSR count). The van der Waals surface area contributed by atoms with E-state index in [0.29, 0.717) is 21.7 Å². The smallest absolute Gasteiger partial charge is 0.488 e. The molecule has 4 amide bonds. The lowest BCUT2D eigenvalue weighted by Gasteiger charge is -2.50. The zero-order chi connectivity index (χ0) is 38.1. The Balaban J connectivity index is 1.33. The van der Waals surface area contributed by atoms with Gasteiger partial charge in [0, 0.05) is 16.5 Å². The highest BCUT2D eigenvalue weighted by molar-refractivity contribution is 6.58. The molecule has 1 saturated carbocycles. The summed E-state index contributed by atoms with van der Waals surface area (Å²) in [5.74, 6) is -7.44. The molecule has 0 bridgehead atoms. The molecule has 4 N–H and O–H groups in total. The van der Waals surface area contributed by atoms with E-state index in [-0.39, 0.29) is 47.8 Å². The minimum atomic E-state index is -1.83. The maximum atomic E-state index is 15.3. The molecule has 2 aliphatic heterocycles. The summed E-state index contributed by atoms with van der Waals surface area (Å²) in [6.45, 7) is 2.00. The van der Waals surface area contributed by atoms with Gasteiger partial charge in [-0.05, 0) is 91.3 Å². The third kappa shape index (κ3) is 5.32. The third-order valence-electron chi connectivity index (χ3n) is 11.3. The number of aromatic hydroxyl groups is 1. The van der Waals surface area contributed by atoms with Gasteiger partial charge in [0.2, 0.25) is 11.8 Å². The monoisotopic (exact) mass is 749 g/mol. The lowest BCUT2D eigenvalue weighted by Crippen LogP contribution is -2.53. The van der Waals surface area contributed by atoms with Crippen LogP contribution in [-0.2, 0) is 24.6 Å². The molecule has 0 aromatic heterocycles. The molecule has 4 aromatic carbocycles. The fourth-order valence-electron chi connectivity index (χ4n) is 9.12. The molecule has 3 fully saturated rings. The van der Waals surface area contributed by atoms with Gasteiger partial charge in [-0.2, -0.15) is 5.01 Å². The molecule has 274 valence electrons. The Morgan fingerprint density at radius 2 is 1.65 bits per heavy atom. The SMILES string of the molecule is CCOc1cccc([C@H]2C3=CC[C@@H]4C(=O)N(c5cccc(B(O)O)c5)C(=O)[C@@H]4[C@@H]3C[C@H]3C(=O)N(Nc4ccc(F)cc4)C(=O)[C@@]23c2ccc(Cl)cc2)c1O. The maximum Gasteiger partial charge on any atom is 0.488 e. The van der Waals surface area contributed by atoms with E-state index in [1.54, 1.807) is 49.4 Å². The van der Waals surface area contributed by atoms with E-state index in [1.807, 2.05) is 6.08 Å². The van der Waals surface area contributed by atoms with Crippen molar-refractivity contribution in [3.63, 3.8) is 0 Å². The number of benzene rings is 4. The first-order chi connectivity index (χ1) is 26.0. The van der Waals surface area contributed by atoms with Crippen LogP contribution in [0.25, 0.3) is 0 Å². The molecular formula is C40H34BClFN3O8. The number of hydrogen-bond donors (Lipinski definition) is 4. The highest BCUT2D eigenvalue weighted by Crippen LogP contribution is 2.65. The molecule has 2 heterocycles. The predicted molar refractivity (Wildman–Crippen MR) is 197 cm³/mol. The van der Waals surface area contributed by atoms with Crippen molar-refractivity contribution in [3.05, 3.63) is 125 Å². The summed E-state index contributed by atoms with van der Waals surface area (Å²) in [6, 6.07) is 22.6. The van der Waals surface area contributed by atoms with E-state index in [4.69, 9.17) is 16.3 Å². The molecule has 0 spiro atoms. The predicted octanol–water partition coefficient (Wildman–Crippen LogP) is 4.45. The lowest BCUT2D eigenvalue weighted by atomic mass is 9.49. The first-order valence-electron chi connectivity index (χ1n) is 17.6.